The van der Waals surface area contributed by atoms with Gasteiger partial charge in [-0.3, -0.25) is 8.74 Å². The minimum Gasteiger partial charge on any atom is -0.391 e. The maximum Gasteiger partial charge on any atom is 0.302 e. The summed E-state index contributed by atoms with van der Waals surface area (Å²) in [6.07, 6.45) is -1.32. The quantitative estimate of drug-likeness (QED) is 0.557. The van der Waals surface area contributed by atoms with Crippen LogP contribution in [-0.2, 0) is 15.5 Å². The van der Waals surface area contributed by atoms with Gasteiger partial charge in [0.25, 0.3) is 0 Å². The predicted molar refractivity (Wildman–Crippen MR) is 33.0 cm³/mol. The normalized spacial score (nSPS) is 20.9. The molecule has 0 bridgehead atoms. The summed E-state index contributed by atoms with van der Waals surface area (Å²) in [5.41, 5.74) is 0. The van der Waals surface area contributed by atoms with Gasteiger partial charge in [0, 0.05) is 0 Å². The summed E-state index contributed by atoms with van der Waals surface area (Å²) < 4.78 is 22.3. The Morgan fingerprint density at radius 2 is 2.00 bits per heavy atom. The van der Waals surface area contributed by atoms with Crippen molar-refractivity contribution in [2.45, 2.75) is 26.1 Å². The van der Waals surface area contributed by atoms with E-state index in [1.54, 1.807) is 0 Å². The summed E-state index contributed by atoms with van der Waals surface area (Å²) in [4.78, 5) is 0. The van der Waals surface area contributed by atoms with Crippen molar-refractivity contribution < 1.29 is 18.1 Å². The van der Waals surface area contributed by atoms with Crippen molar-refractivity contribution >= 4 is 11.4 Å². The molecule has 0 spiro atoms. The fraction of sp³-hybridized carbons (Fsp3) is 1.00. The van der Waals surface area contributed by atoms with Crippen LogP contribution in [0, 0.1) is 0 Å². The van der Waals surface area contributed by atoms with Crippen LogP contribution in [0.5, 0.6) is 0 Å². The van der Waals surface area contributed by atoms with E-state index >= 15 is 0 Å². The number of aliphatic hydroxyl groups is 1. The van der Waals surface area contributed by atoms with Gasteiger partial charge in [0.1, 0.15) is 0 Å². The molecular weight excluding hydrogens is 144 g/mol. The van der Waals surface area contributed by atoms with Gasteiger partial charge in [0.05, 0.1) is 12.2 Å². The summed E-state index contributed by atoms with van der Waals surface area (Å²) in [6.45, 7) is 3.00. The molecular formula is C4H10O4S. The fourth-order valence-corrected chi connectivity index (χ4v) is 0.631. The van der Waals surface area contributed by atoms with Crippen LogP contribution in [0.25, 0.3) is 0 Å². The molecule has 0 heterocycles. The van der Waals surface area contributed by atoms with Gasteiger partial charge in [0.15, 0.2) is 0 Å². The Hall–Kier alpha value is 0.0300. The lowest BCUT2D eigenvalue weighted by atomic mass is 10.3. The van der Waals surface area contributed by atoms with E-state index in [1.165, 1.54) is 13.8 Å². The van der Waals surface area contributed by atoms with Crippen molar-refractivity contribution in [2.24, 2.45) is 0 Å². The highest BCUT2D eigenvalue weighted by atomic mass is 32.2. The molecule has 0 aliphatic heterocycles. The minimum atomic E-state index is -2.28. The monoisotopic (exact) mass is 154 g/mol. The topological polar surface area (TPSA) is 66.8 Å². The van der Waals surface area contributed by atoms with E-state index in [-0.39, 0.29) is 0 Å². The van der Waals surface area contributed by atoms with Crippen molar-refractivity contribution in [3.8, 4) is 0 Å². The largest absolute Gasteiger partial charge is 0.391 e. The molecule has 0 aliphatic carbocycles. The fourth-order valence-electron chi connectivity index (χ4n) is 0.210. The van der Waals surface area contributed by atoms with Crippen LogP contribution in [0.4, 0.5) is 0 Å². The smallest absolute Gasteiger partial charge is 0.302 e. The van der Waals surface area contributed by atoms with Gasteiger partial charge < -0.3 is 5.11 Å². The average Bonchev–Trinajstić information content (AvgIpc) is 1.63. The van der Waals surface area contributed by atoms with Crippen LogP contribution in [0.15, 0.2) is 0 Å². The van der Waals surface area contributed by atoms with Crippen molar-refractivity contribution in [3.63, 3.8) is 0 Å². The molecule has 56 valence electrons. The second-order valence-electron chi connectivity index (χ2n) is 1.76. The van der Waals surface area contributed by atoms with Crippen LogP contribution in [0.1, 0.15) is 13.8 Å². The lowest BCUT2D eigenvalue weighted by molar-refractivity contribution is 0.0633. The maximum absolute atomic E-state index is 9.89. The molecule has 5 heteroatoms. The van der Waals surface area contributed by atoms with E-state index in [1.807, 2.05) is 0 Å². The first-order valence-corrected chi connectivity index (χ1v) is 3.53. The van der Waals surface area contributed by atoms with Crippen LogP contribution < -0.4 is 0 Å². The average molecular weight is 154 g/mol. The maximum atomic E-state index is 9.89. The molecule has 3 atom stereocenters. The standard InChI is InChI=1S/C4H10O4S/c1-3(5)4(2)8-9(6)7/h3-5H,1-2H3,(H,6,7). The first kappa shape index (κ1) is 9.03. The van der Waals surface area contributed by atoms with E-state index in [0.29, 0.717) is 0 Å². The van der Waals surface area contributed by atoms with Crippen LogP contribution >= 0.6 is 0 Å². The number of hydrogen-bond donors (Lipinski definition) is 2. The first-order chi connectivity index (χ1) is 4.04. The van der Waals surface area contributed by atoms with Crippen LogP contribution in [-0.4, -0.2) is 26.1 Å². The third-order valence-electron chi connectivity index (χ3n) is 0.913. The van der Waals surface area contributed by atoms with Gasteiger partial charge in [-0.1, -0.05) is 0 Å². The molecule has 0 fully saturated rings. The molecule has 3 unspecified atom stereocenters. The molecule has 2 N–H and O–H groups in total. The predicted octanol–water partition coefficient (Wildman–Crippen LogP) is -0.0910. The van der Waals surface area contributed by atoms with E-state index < -0.39 is 23.6 Å². The molecule has 0 radical (unpaired) electrons. The summed E-state index contributed by atoms with van der Waals surface area (Å²) in [7, 11) is 0. The van der Waals surface area contributed by atoms with Gasteiger partial charge in [0.2, 0.25) is 0 Å². The third kappa shape index (κ3) is 4.53. The molecule has 0 aromatic carbocycles. The second kappa shape index (κ2) is 3.94. The number of aliphatic hydroxyl groups excluding tert-OH is 1. The van der Waals surface area contributed by atoms with Crippen molar-refractivity contribution in [2.75, 3.05) is 0 Å². The Morgan fingerprint density at radius 1 is 1.56 bits per heavy atom. The van der Waals surface area contributed by atoms with Gasteiger partial charge >= 0.3 is 11.4 Å². The van der Waals surface area contributed by atoms with Crippen LogP contribution in [0.2, 0.25) is 0 Å². The lowest BCUT2D eigenvalue weighted by Crippen LogP contribution is -2.23. The molecule has 0 saturated carbocycles. The zero-order valence-corrected chi connectivity index (χ0v) is 6.09. The lowest BCUT2D eigenvalue weighted by Gasteiger charge is -2.10. The molecule has 9 heavy (non-hydrogen) atoms. The molecule has 4 nitrogen and oxygen atoms in total. The van der Waals surface area contributed by atoms with Gasteiger partial charge in [-0.2, -0.15) is 4.21 Å². The highest BCUT2D eigenvalue weighted by Crippen LogP contribution is 1.97. The van der Waals surface area contributed by atoms with E-state index in [9.17, 15) is 4.21 Å². The van der Waals surface area contributed by atoms with Gasteiger partial charge in [-0.05, 0) is 13.8 Å². The molecule has 0 rings (SSSR count). The highest BCUT2D eigenvalue weighted by Gasteiger charge is 2.10. The molecule has 0 saturated heterocycles. The number of hydrogen-bond acceptors (Lipinski definition) is 3. The van der Waals surface area contributed by atoms with Crippen molar-refractivity contribution in [3.05, 3.63) is 0 Å². The Morgan fingerprint density at radius 3 is 2.11 bits per heavy atom. The second-order valence-corrected chi connectivity index (χ2v) is 2.39. The Bertz CT molecular complexity index is 103. The zero-order valence-electron chi connectivity index (χ0n) is 5.27. The summed E-state index contributed by atoms with van der Waals surface area (Å²) in [5, 5.41) is 8.70. The zero-order chi connectivity index (χ0) is 7.44. The van der Waals surface area contributed by atoms with Gasteiger partial charge in [-0.25, -0.2) is 0 Å². The van der Waals surface area contributed by atoms with E-state index in [2.05, 4.69) is 4.18 Å². The van der Waals surface area contributed by atoms with Crippen molar-refractivity contribution in [1.82, 2.24) is 0 Å². The van der Waals surface area contributed by atoms with E-state index in [4.69, 9.17) is 9.66 Å². The summed E-state index contributed by atoms with van der Waals surface area (Å²) >= 11 is -2.28. The number of rotatable bonds is 3. The highest BCUT2D eigenvalue weighted by molar-refractivity contribution is 7.74. The van der Waals surface area contributed by atoms with E-state index in [0.717, 1.165) is 0 Å². The molecule has 0 aliphatic rings. The molecule has 0 aromatic rings. The molecule has 0 aromatic heterocycles. The van der Waals surface area contributed by atoms with Crippen molar-refractivity contribution in [1.29, 1.82) is 0 Å². The Balaban J connectivity index is 3.50. The van der Waals surface area contributed by atoms with Crippen LogP contribution in [0.3, 0.4) is 0 Å². The Labute approximate surface area is 56.3 Å². The van der Waals surface area contributed by atoms with Gasteiger partial charge in [-0.15, -0.1) is 0 Å². The minimum absolute atomic E-state index is 0.601. The summed E-state index contributed by atoms with van der Waals surface area (Å²) in [5.74, 6) is 0. The SMILES string of the molecule is CC(O)C(C)OS(=O)O. The Kier molecular flexibility index (Phi) is 3.96. The third-order valence-corrected chi connectivity index (χ3v) is 1.38. The molecule has 0 amide bonds. The first-order valence-electron chi connectivity index (χ1n) is 2.50. The summed E-state index contributed by atoms with van der Waals surface area (Å²) in [6, 6.07) is 0.